The molecule has 0 spiro atoms. The minimum absolute atomic E-state index is 0.0659. The van der Waals surface area contributed by atoms with Crippen molar-refractivity contribution < 1.29 is 47.8 Å². The van der Waals surface area contributed by atoms with Crippen molar-refractivity contribution >= 4 is 47.2 Å². The van der Waals surface area contributed by atoms with Crippen molar-refractivity contribution in [3.05, 3.63) is 65.0 Å². The second-order valence-corrected chi connectivity index (χ2v) is 16.5. The lowest BCUT2D eigenvalue weighted by atomic mass is 9.98. The Morgan fingerprint density at radius 1 is 0.881 bits per heavy atom. The highest BCUT2D eigenvalue weighted by Gasteiger charge is 2.49. The highest BCUT2D eigenvalue weighted by atomic mass is 19.1. The average Bonchev–Trinajstić information content (AvgIpc) is 3.78. The number of carbonyl (C=O) groups is 7. The van der Waals surface area contributed by atoms with Crippen molar-refractivity contribution in [1.29, 1.82) is 0 Å². The summed E-state index contributed by atoms with van der Waals surface area (Å²) in [4.78, 5) is 102. The predicted octanol–water partition coefficient (Wildman–Crippen LogP) is 1.69. The van der Waals surface area contributed by atoms with E-state index >= 15 is 0 Å². The molecule has 0 radical (unpaired) electrons. The van der Waals surface area contributed by atoms with Gasteiger partial charge in [0.25, 0.3) is 0 Å². The van der Waals surface area contributed by atoms with E-state index in [9.17, 15) is 43.1 Å². The smallest absolute Gasteiger partial charge is 0.329 e. The van der Waals surface area contributed by atoms with Gasteiger partial charge in [-0.05, 0) is 82.6 Å². The van der Waals surface area contributed by atoms with Gasteiger partial charge in [-0.1, -0.05) is 42.8 Å². The van der Waals surface area contributed by atoms with Gasteiger partial charge in [-0.25, -0.2) is 14.0 Å². The van der Waals surface area contributed by atoms with Crippen molar-refractivity contribution in [2.45, 2.75) is 122 Å². The first-order chi connectivity index (χ1) is 28.0. The van der Waals surface area contributed by atoms with E-state index in [0.29, 0.717) is 30.4 Å². The zero-order valence-corrected chi connectivity index (χ0v) is 34.0. The monoisotopic (exact) mass is 819 g/mol. The van der Waals surface area contributed by atoms with Crippen LogP contribution in [0, 0.1) is 25.6 Å². The number of piperidine rings is 1. The number of ether oxygens (including phenoxy) is 1. The number of nitrogens with one attached hydrogen (secondary N) is 4. The molecular weight excluding hydrogens is 765 g/mol. The number of cyclic esters (lactones) is 1. The summed E-state index contributed by atoms with van der Waals surface area (Å²) in [6.45, 7) is 8.45. The lowest BCUT2D eigenvalue weighted by molar-refractivity contribution is -0.163. The molecule has 4 saturated heterocycles. The number of nitrogens with zero attached hydrogens (tertiary/aromatic N) is 3. The number of hydrogen-bond acceptors (Lipinski definition) is 9. The number of benzene rings is 2. The number of aliphatic hydroxyl groups is 1. The molecule has 4 aliphatic rings. The molecule has 0 bridgehead atoms. The molecule has 0 saturated carbocycles. The Morgan fingerprint density at radius 2 is 1.61 bits per heavy atom. The molecule has 4 fully saturated rings. The highest BCUT2D eigenvalue weighted by Crippen LogP contribution is 2.29. The van der Waals surface area contributed by atoms with E-state index in [4.69, 9.17) is 4.74 Å². The first-order valence-corrected chi connectivity index (χ1v) is 20.3. The minimum Gasteiger partial charge on any atom is -0.458 e. The van der Waals surface area contributed by atoms with Crippen LogP contribution in [-0.2, 0) is 39.9 Å². The number of anilines is 1. The van der Waals surface area contributed by atoms with Crippen LogP contribution in [0.2, 0.25) is 0 Å². The molecule has 9 atom stereocenters. The van der Waals surface area contributed by atoms with Crippen molar-refractivity contribution in [2.24, 2.45) is 5.92 Å². The number of halogens is 1. The van der Waals surface area contributed by atoms with E-state index in [2.05, 4.69) is 21.3 Å². The summed E-state index contributed by atoms with van der Waals surface area (Å²) < 4.78 is 20.6. The quantitative estimate of drug-likeness (QED) is 0.269. The summed E-state index contributed by atoms with van der Waals surface area (Å²) in [5.41, 5.74) is 2.03. The molecule has 318 valence electrons. The lowest BCUT2D eigenvalue weighted by Crippen LogP contribution is -2.63. The van der Waals surface area contributed by atoms with Gasteiger partial charge < -0.3 is 45.8 Å². The second-order valence-electron chi connectivity index (χ2n) is 16.5. The normalized spacial score (nSPS) is 28.5. The number of amides is 7. The molecule has 16 nitrogen and oxygen atoms in total. The van der Waals surface area contributed by atoms with Gasteiger partial charge in [0.15, 0.2) is 0 Å². The molecule has 17 heteroatoms. The molecule has 7 amide bonds. The second kappa shape index (κ2) is 18.1. The van der Waals surface area contributed by atoms with Gasteiger partial charge in [-0.15, -0.1) is 0 Å². The predicted molar refractivity (Wildman–Crippen MR) is 212 cm³/mol. The Balaban J connectivity index is 1.35. The molecule has 59 heavy (non-hydrogen) atoms. The lowest BCUT2D eigenvalue weighted by Gasteiger charge is -2.39. The maximum atomic E-state index is 14.8. The third-order valence-electron chi connectivity index (χ3n) is 11.6. The first-order valence-electron chi connectivity index (χ1n) is 20.3. The van der Waals surface area contributed by atoms with Crippen LogP contribution in [0.1, 0.15) is 69.6 Å². The van der Waals surface area contributed by atoms with Crippen LogP contribution in [0.25, 0.3) is 0 Å². The SMILES string of the molecule is Cc1cccc(C[C@H](NC(=O)Nc2ccc(C)cc2F)C(=O)N[C@@H]2C(=O)N3C[C@H](O)C[C@H]3C(=O)N3CCCC[C@H]3C(=O)N[C@@H](C)C(=O)N3C[C@H](C)C[C@H]3C(=O)O[C@H]2C)c1. The fraction of sp³-hybridized carbons (Fsp3) is 0.548. The molecular formula is C42H54FN7O9. The van der Waals surface area contributed by atoms with E-state index in [-0.39, 0.29) is 50.5 Å². The fourth-order valence-corrected chi connectivity index (χ4v) is 8.55. The van der Waals surface area contributed by atoms with Gasteiger partial charge in [0.1, 0.15) is 48.2 Å². The third-order valence-corrected chi connectivity index (χ3v) is 11.6. The van der Waals surface area contributed by atoms with E-state index in [1.807, 2.05) is 26.0 Å². The van der Waals surface area contributed by atoms with Crippen molar-refractivity contribution in [1.82, 2.24) is 30.7 Å². The van der Waals surface area contributed by atoms with Crippen LogP contribution in [0.3, 0.4) is 0 Å². The van der Waals surface area contributed by atoms with Crippen LogP contribution >= 0.6 is 0 Å². The van der Waals surface area contributed by atoms with Crippen molar-refractivity contribution in [2.75, 3.05) is 25.0 Å². The summed E-state index contributed by atoms with van der Waals surface area (Å²) >= 11 is 0. The molecule has 2 aromatic carbocycles. The summed E-state index contributed by atoms with van der Waals surface area (Å²) in [7, 11) is 0. The number of aliphatic hydroxyl groups excluding tert-OH is 1. The number of urea groups is 1. The number of fused-ring (bicyclic) bond motifs is 3. The molecule has 0 aromatic heterocycles. The molecule has 0 unspecified atom stereocenters. The number of aryl methyl sites for hydroxylation is 2. The largest absolute Gasteiger partial charge is 0.458 e. The van der Waals surface area contributed by atoms with Gasteiger partial charge in [-0.3, -0.25) is 24.0 Å². The average molecular weight is 820 g/mol. The molecule has 6 rings (SSSR count). The van der Waals surface area contributed by atoms with Gasteiger partial charge in [0, 0.05) is 32.5 Å². The van der Waals surface area contributed by atoms with E-state index in [1.54, 1.807) is 25.1 Å². The van der Waals surface area contributed by atoms with Gasteiger partial charge >= 0.3 is 12.0 Å². The van der Waals surface area contributed by atoms with E-state index < -0.39 is 95.8 Å². The minimum atomic E-state index is -1.65. The van der Waals surface area contributed by atoms with Gasteiger partial charge in [0.05, 0.1) is 11.8 Å². The van der Waals surface area contributed by atoms with E-state index in [1.165, 1.54) is 35.8 Å². The molecule has 0 aliphatic carbocycles. The number of esters is 1. The molecule has 4 heterocycles. The van der Waals surface area contributed by atoms with Crippen LogP contribution in [0.5, 0.6) is 0 Å². The van der Waals surface area contributed by atoms with Crippen molar-refractivity contribution in [3.8, 4) is 0 Å². The zero-order valence-electron chi connectivity index (χ0n) is 34.0. The zero-order chi connectivity index (χ0) is 42.7. The van der Waals surface area contributed by atoms with Gasteiger partial charge in [0.2, 0.25) is 29.5 Å². The summed E-state index contributed by atoms with van der Waals surface area (Å²) in [5, 5.41) is 21.3. The maximum Gasteiger partial charge on any atom is 0.329 e. The number of hydrogen-bond donors (Lipinski definition) is 5. The highest BCUT2D eigenvalue weighted by molar-refractivity contribution is 5.99. The molecule has 2 aromatic rings. The van der Waals surface area contributed by atoms with Gasteiger partial charge in [-0.2, -0.15) is 0 Å². The first kappa shape index (κ1) is 43.0. The summed E-state index contributed by atoms with van der Waals surface area (Å²) in [6, 6.07) is 3.23. The molecule has 4 aliphatic heterocycles. The number of rotatable bonds is 6. The van der Waals surface area contributed by atoms with Crippen LogP contribution in [0.15, 0.2) is 42.5 Å². The van der Waals surface area contributed by atoms with E-state index in [0.717, 1.165) is 10.5 Å². The Kier molecular flexibility index (Phi) is 13.2. The standard InChI is InChI=1S/C42H54FN7O9/c1-22-9-8-10-27(15-22)18-31(46-42(58)45-30-13-12-23(2)16-29(30)43)36(52)47-35-26(5)59-41(57)34-17-24(3)20-49(34)38(54)25(4)44-37(53)32-11-6-7-14-48(32)39(55)33-19-28(51)21-50(33)40(35)56/h8-10,12-13,15-16,24-26,28,31-35,51H,6-7,11,14,17-21H2,1-5H3,(H,44,53)(H,47,52)(H2,45,46,58)/t24-,25+,26+,28-,31+,32+,33+,34+,35+/m1/s1. The fourth-order valence-electron chi connectivity index (χ4n) is 8.55. The number of carbonyl (C=O) groups excluding carboxylic acids is 7. The Hall–Kier alpha value is -5.58. The topological polar surface area (TPSA) is 207 Å². The Bertz CT molecular complexity index is 1980. The van der Waals surface area contributed by atoms with Crippen LogP contribution in [-0.4, -0.2) is 129 Å². The van der Waals surface area contributed by atoms with Crippen molar-refractivity contribution in [3.63, 3.8) is 0 Å². The molecule has 5 N–H and O–H groups in total. The van der Waals surface area contributed by atoms with Crippen LogP contribution < -0.4 is 21.3 Å². The van der Waals surface area contributed by atoms with Crippen LogP contribution in [0.4, 0.5) is 14.9 Å². The summed E-state index contributed by atoms with van der Waals surface area (Å²) in [5.74, 6) is -4.99. The summed E-state index contributed by atoms with van der Waals surface area (Å²) in [6.07, 6.45) is -0.951. The Labute approximate surface area is 342 Å². The Morgan fingerprint density at radius 3 is 2.34 bits per heavy atom. The maximum absolute atomic E-state index is 14.8. The third kappa shape index (κ3) is 9.83.